The van der Waals surface area contributed by atoms with Crippen LogP contribution in [0.1, 0.15) is 13.3 Å². The van der Waals surface area contributed by atoms with Crippen molar-refractivity contribution in [2.45, 2.75) is 24.3 Å². The highest BCUT2D eigenvalue weighted by molar-refractivity contribution is 7.89. The van der Waals surface area contributed by atoms with Crippen LogP contribution in [-0.2, 0) is 14.8 Å². The van der Waals surface area contributed by atoms with E-state index < -0.39 is 22.1 Å². The summed E-state index contributed by atoms with van der Waals surface area (Å²) >= 11 is 0. The lowest BCUT2D eigenvalue weighted by atomic mass is 10.3. The Morgan fingerprint density at radius 2 is 1.90 bits per heavy atom. The molecule has 0 aliphatic heterocycles. The minimum absolute atomic E-state index is 0.000797. The molecule has 0 saturated heterocycles. The van der Waals surface area contributed by atoms with Crippen LogP contribution in [0.15, 0.2) is 29.2 Å². The monoisotopic (exact) mass is 317 g/mol. The average molecular weight is 317 g/mol. The first-order valence-corrected chi connectivity index (χ1v) is 7.76. The van der Waals surface area contributed by atoms with Crippen molar-refractivity contribution in [3.63, 3.8) is 0 Å². The van der Waals surface area contributed by atoms with Gasteiger partial charge in [-0.15, -0.1) is 0 Å². The first kappa shape index (κ1) is 17.4. The zero-order chi connectivity index (χ0) is 16.0. The zero-order valence-electron chi connectivity index (χ0n) is 11.9. The molecule has 0 aliphatic rings. The fourth-order valence-corrected chi connectivity index (χ4v) is 2.87. The van der Waals surface area contributed by atoms with Crippen molar-refractivity contribution in [3.05, 3.63) is 24.3 Å². The van der Waals surface area contributed by atoms with E-state index >= 15 is 0 Å². The molecule has 0 aliphatic carbocycles. The number of rotatable bonds is 8. The van der Waals surface area contributed by atoms with Gasteiger partial charge >= 0.3 is 5.97 Å². The van der Waals surface area contributed by atoms with Gasteiger partial charge in [-0.1, -0.05) is 0 Å². The highest BCUT2D eigenvalue weighted by atomic mass is 32.2. The molecule has 0 aromatic heterocycles. The standard InChI is InChI=1S/C13H19NO6S/c1-10(15)9-14(2)21(18,19)12-5-3-11(4-6-12)20-8-7-13(16)17/h3-6,10,15H,7-9H2,1-2H3,(H,16,17). The third-order valence-electron chi connectivity index (χ3n) is 2.64. The second-order valence-electron chi connectivity index (χ2n) is 4.60. The topological polar surface area (TPSA) is 104 Å². The summed E-state index contributed by atoms with van der Waals surface area (Å²) in [5.74, 6) is -0.567. The SMILES string of the molecule is CC(O)CN(C)S(=O)(=O)c1ccc(OCCC(=O)O)cc1. The Morgan fingerprint density at radius 1 is 1.33 bits per heavy atom. The van der Waals surface area contributed by atoms with Crippen LogP contribution in [0.3, 0.4) is 0 Å². The van der Waals surface area contributed by atoms with Gasteiger partial charge in [0, 0.05) is 13.6 Å². The van der Waals surface area contributed by atoms with Crippen molar-refractivity contribution >= 4 is 16.0 Å². The van der Waals surface area contributed by atoms with Crippen molar-refractivity contribution in [1.82, 2.24) is 4.31 Å². The largest absolute Gasteiger partial charge is 0.493 e. The van der Waals surface area contributed by atoms with Crippen LogP contribution < -0.4 is 4.74 Å². The van der Waals surface area contributed by atoms with Gasteiger partial charge in [0.1, 0.15) is 5.75 Å². The van der Waals surface area contributed by atoms with E-state index in [9.17, 15) is 18.3 Å². The van der Waals surface area contributed by atoms with Gasteiger partial charge in [-0.05, 0) is 31.2 Å². The first-order valence-electron chi connectivity index (χ1n) is 6.32. The van der Waals surface area contributed by atoms with Crippen molar-refractivity contribution < 1.29 is 28.2 Å². The molecule has 0 heterocycles. The van der Waals surface area contributed by atoms with E-state index in [0.717, 1.165) is 4.31 Å². The van der Waals surface area contributed by atoms with Crippen LogP contribution in [0, 0.1) is 0 Å². The number of aliphatic carboxylic acids is 1. The Morgan fingerprint density at radius 3 is 2.38 bits per heavy atom. The lowest BCUT2D eigenvalue weighted by molar-refractivity contribution is -0.137. The molecule has 1 aromatic rings. The molecule has 0 fully saturated rings. The second-order valence-corrected chi connectivity index (χ2v) is 6.64. The fraction of sp³-hybridized carbons (Fsp3) is 0.462. The first-order chi connectivity index (χ1) is 9.73. The van der Waals surface area contributed by atoms with E-state index in [1.165, 1.54) is 38.2 Å². The Bertz CT molecular complexity index is 567. The van der Waals surface area contributed by atoms with Gasteiger partial charge in [0.25, 0.3) is 0 Å². The van der Waals surface area contributed by atoms with Crippen LogP contribution in [0.4, 0.5) is 0 Å². The summed E-state index contributed by atoms with van der Waals surface area (Å²) in [7, 11) is -2.27. The fourth-order valence-electron chi connectivity index (χ4n) is 1.61. The summed E-state index contributed by atoms with van der Waals surface area (Å²) in [6.07, 6.45) is -0.889. The molecule has 7 nitrogen and oxygen atoms in total. The van der Waals surface area contributed by atoms with Gasteiger partial charge in [-0.3, -0.25) is 4.79 Å². The number of aliphatic hydroxyl groups is 1. The number of carboxylic acid groups (broad SMARTS) is 1. The summed E-state index contributed by atoms with van der Waals surface area (Å²) in [6, 6.07) is 5.68. The molecule has 1 rings (SSSR count). The Balaban J connectivity index is 2.74. The molecule has 0 saturated carbocycles. The lowest BCUT2D eigenvalue weighted by Crippen LogP contribution is -2.33. The zero-order valence-corrected chi connectivity index (χ0v) is 12.7. The van der Waals surface area contributed by atoms with Crippen LogP contribution in [-0.4, -0.2) is 55.2 Å². The highest BCUT2D eigenvalue weighted by Gasteiger charge is 2.21. The number of carbonyl (C=O) groups is 1. The van der Waals surface area contributed by atoms with E-state index in [1.807, 2.05) is 0 Å². The predicted octanol–water partition coefficient (Wildman–Crippen LogP) is 0.541. The lowest BCUT2D eigenvalue weighted by Gasteiger charge is -2.18. The van der Waals surface area contributed by atoms with E-state index in [2.05, 4.69) is 0 Å². The summed E-state index contributed by atoms with van der Waals surface area (Å²) in [4.78, 5) is 10.4. The number of hydrogen-bond acceptors (Lipinski definition) is 5. The number of aliphatic hydroxyl groups excluding tert-OH is 1. The molecule has 0 spiro atoms. The molecule has 2 N–H and O–H groups in total. The number of benzene rings is 1. The summed E-state index contributed by atoms with van der Waals surface area (Å²) in [6.45, 7) is 1.52. The molecule has 0 amide bonds. The molecule has 0 radical (unpaired) electrons. The molecule has 118 valence electrons. The maximum absolute atomic E-state index is 12.2. The van der Waals surface area contributed by atoms with Crippen molar-refractivity contribution in [1.29, 1.82) is 0 Å². The molecule has 21 heavy (non-hydrogen) atoms. The van der Waals surface area contributed by atoms with Crippen molar-refractivity contribution in [2.24, 2.45) is 0 Å². The van der Waals surface area contributed by atoms with Gasteiger partial charge in [0.2, 0.25) is 10.0 Å². The molecule has 1 atom stereocenters. The average Bonchev–Trinajstić information content (AvgIpc) is 2.38. The number of carboxylic acids is 1. The number of nitrogens with zero attached hydrogens (tertiary/aromatic N) is 1. The Hall–Kier alpha value is -1.64. The maximum atomic E-state index is 12.2. The Labute approximate surface area is 123 Å². The third-order valence-corrected chi connectivity index (χ3v) is 4.48. The van der Waals surface area contributed by atoms with Gasteiger partial charge < -0.3 is 14.9 Å². The summed E-state index contributed by atoms with van der Waals surface area (Å²) < 4.78 is 30.6. The second kappa shape index (κ2) is 7.39. The van der Waals surface area contributed by atoms with Gasteiger partial charge in [-0.2, -0.15) is 4.31 Å². The number of hydrogen-bond donors (Lipinski definition) is 2. The van der Waals surface area contributed by atoms with Crippen LogP contribution >= 0.6 is 0 Å². The minimum atomic E-state index is -3.66. The molecular weight excluding hydrogens is 298 g/mol. The van der Waals surface area contributed by atoms with E-state index in [1.54, 1.807) is 0 Å². The van der Waals surface area contributed by atoms with Gasteiger partial charge in [0.15, 0.2) is 0 Å². The molecular formula is C13H19NO6S. The molecule has 8 heteroatoms. The van der Waals surface area contributed by atoms with Crippen molar-refractivity contribution in [2.75, 3.05) is 20.2 Å². The normalized spacial score (nSPS) is 13.1. The number of ether oxygens (including phenoxy) is 1. The number of sulfonamides is 1. The smallest absolute Gasteiger partial charge is 0.306 e. The summed E-state index contributed by atoms with van der Waals surface area (Å²) in [5, 5.41) is 17.7. The van der Waals surface area contributed by atoms with Crippen molar-refractivity contribution in [3.8, 4) is 5.75 Å². The number of likely N-dealkylation sites (N-methyl/N-ethyl adjacent to an activating group) is 1. The molecule has 0 bridgehead atoms. The molecule has 1 unspecified atom stereocenters. The van der Waals surface area contributed by atoms with E-state index in [-0.39, 0.29) is 24.5 Å². The third kappa shape index (κ3) is 5.33. The van der Waals surface area contributed by atoms with E-state index in [4.69, 9.17) is 9.84 Å². The van der Waals surface area contributed by atoms with Crippen LogP contribution in [0.2, 0.25) is 0 Å². The maximum Gasteiger partial charge on any atom is 0.306 e. The van der Waals surface area contributed by atoms with Crippen LogP contribution in [0.5, 0.6) is 5.75 Å². The van der Waals surface area contributed by atoms with E-state index in [0.29, 0.717) is 5.75 Å². The van der Waals surface area contributed by atoms with Crippen LogP contribution in [0.25, 0.3) is 0 Å². The molecule has 1 aromatic carbocycles. The predicted molar refractivity (Wildman–Crippen MR) is 75.7 cm³/mol. The highest BCUT2D eigenvalue weighted by Crippen LogP contribution is 2.19. The Kier molecular flexibility index (Phi) is 6.13. The van der Waals surface area contributed by atoms with Gasteiger partial charge in [0.05, 0.1) is 24.0 Å². The summed E-state index contributed by atoms with van der Waals surface area (Å²) in [5.41, 5.74) is 0. The quantitative estimate of drug-likeness (QED) is 0.725. The van der Waals surface area contributed by atoms with Gasteiger partial charge in [-0.25, -0.2) is 8.42 Å². The minimum Gasteiger partial charge on any atom is -0.493 e.